The molecule has 0 amide bonds. The molecule has 1 aromatic heterocycles. The number of hydrogen-bond acceptors (Lipinski definition) is 4. The molecule has 0 aliphatic heterocycles. The molecular weight excluding hydrogens is 436 g/mol. The molecule has 0 aliphatic rings. The molecule has 4 rings (SSSR count). The number of sulfonamides is 1. The molecule has 1 heterocycles. The summed E-state index contributed by atoms with van der Waals surface area (Å²) in [6.07, 6.45) is 1.36. The maximum Gasteiger partial charge on any atom is 0.354 e. The van der Waals surface area contributed by atoms with Crippen LogP contribution in [0.1, 0.15) is 21.6 Å². The minimum Gasteiger partial charge on any atom is -0.477 e. The summed E-state index contributed by atoms with van der Waals surface area (Å²) in [5, 5.41) is 8.94. The SMILES string of the molecule is O=C(O)c1ccc(C#Cc2ccccc2NS(=O)(=O)c2cccc(-c3ccccc3)c2)cn1. The van der Waals surface area contributed by atoms with Gasteiger partial charge in [-0.05, 0) is 47.5 Å². The fourth-order valence-electron chi connectivity index (χ4n) is 3.09. The number of para-hydroxylation sites is 1. The predicted octanol–water partition coefficient (Wildman–Crippen LogP) is 4.65. The van der Waals surface area contributed by atoms with E-state index in [2.05, 4.69) is 21.5 Å². The number of carboxylic acids is 1. The summed E-state index contributed by atoms with van der Waals surface area (Å²) in [5.74, 6) is 4.69. The molecule has 0 unspecified atom stereocenters. The van der Waals surface area contributed by atoms with Gasteiger partial charge in [0.15, 0.2) is 0 Å². The fourth-order valence-corrected chi connectivity index (χ4v) is 4.22. The van der Waals surface area contributed by atoms with E-state index in [1.54, 1.807) is 48.5 Å². The minimum absolute atomic E-state index is 0.0774. The molecule has 162 valence electrons. The monoisotopic (exact) mass is 454 g/mol. The lowest BCUT2D eigenvalue weighted by Gasteiger charge is -2.11. The number of benzene rings is 3. The van der Waals surface area contributed by atoms with Gasteiger partial charge in [0.1, 0.15) is 5.69 Å². The van der Waals surface area contributed by atoms with E-state index < -0.39 is 16.0 Å². The molecule has 0 aliphatic carbocycles. The van der Waals surface area contributed by atoms with Crippen molar-refractivity contribution in [3.05, 3.63) is 114 Å². The van der Waals surface area contributed by atoms with Crippen LogP contribution < -0.4 is 4.72 Å². The van der Waals surface area contributed by atoms with Crippen molar-refractivity contribution in [2.24, 2.45) is 0 Å². The minimum atomic E-state index is -3.86. The van der Waals surface area contributed by atoms with Crippen LogP contribution >= 0.6 is 0 Å². The van der Waals surface area contributed by atoms with Crippen molar-refractivity contribution in [2.45, 2.75) is 4.90 Å². The number of hydrogen-bond donors (Lipinski definition) is 2. The van der Waals surface area contributed by atoms with Crippen molar-refractivity contribution in [3.8, 4) is 23.0 Å². The van der Waals surface area contributed by atoms with E-state index in [0.29, 0.717) is 16.8 Å². The van der Waals surface area contributed by atoms with Crippen LogP contribution in [0.4, 0.5) is 5.69 Å². The van der Waals surface area contributed by atoms with Crippen LogP contribution in [0.15, 0.2) is 102 Å². The fraction of sp³-hybridized carbons (Fsp3) is 0. The van der Waals surface area contributed by atoms with Gasteiger partial charge in [0.2, 0.25) is 0 Å². The standard InChI is InChI=1S/C26H18N2O4S/c29-26(30)25-16-14-19(18-27-25)13-15-21-9-4-5-12-24(21)28-33(31,32)23-11-6-10-22(17-23)20-7-2-1-3-8-20/h1-12,14,16-18,28H,(H,29,30). The molecule has 0 radical (unpaired) electrons. The smallest absolute Gasteiger partial charge is 0.354 e. The highest BCUT2D eigenvalue weighted by atomic mass is 32.2. The molecule has 0 saturated carbocycles. The quantitative estimate of drug-likeness (QED) is 0.428. The molecule has 2 N–H and O–H groups in total. The lowest BCUT2D eigenvalue weighted by atomic mass is 10.1. The van der Waals surface area contributed by atoms with Crippen LogP contribution in [0, 0.1) is 11.8 Å². The number of nitrogens with one attached hydrogen (secondary N) is 1. The first-order chi connectivity index (χ1) is 15.9. The number of aromatic carboxylic acids is 1. The van der Waals surface area contributed by atoms with Gasteiger partial charge in [-0.1, -0.05) is 66.4 Å². The number of pyridine rings is 1. The third-order valence-electron chi connectivity index (χ3n) is 4.75. The normalized spacial score (nSPS) is 10.7. The molecule has 6 nitrogen and oxygen atoms in total. The van der Waals surface area contributed by atoms with Crippen LogP contribution in [-0.2, 0) is 10.0 Å². The Hall–Kier alpha value is -4.41. The second-order valence-electron chi connectivity index (χ2n) is 7.03. The van der Waals surface area contributed by atoms with Gasteiger partial charge in [-0.15, -0.1) is 0 Å². The van der Waals surface area contributed by atoms with Crippen molar-refractivity contribution in [1.82, 2.24) is 4.98 Å². The van der Waals surface area contributed by atoms with Gasteiger partial charge in [0.05, 0.1) is 10.6 Å². The Morgan fingerprint density at radius 1 is 0.818 bits per heavy atom. The van der Waals surface area contributed by atoms with Crippen LogP contribution in [0.3, 0.4) is 0 Å². The van der Waals surface area contributed by atoms with E-state index in [1.165, 1.54) is 12.3 Å². The molecule has 7 heteroatoms. The number of anilines is 1. The summed E-state index contributed by atoms with van der Waals surface area (Å²) < 4.78 is 28.8. The molecule has 0 atom stereocenters. The van der Waals surface area contributed by atoms with Crippen LogP contribution in [-0.4, -0.2) is 24.5 Å². The molecule has 4 aromatic rings. The first-order valence-electron chi connectivity index (χ1n) is 9.91. The topological polar surface area (TPSA) is 96.4 Å². The molecule has 33 heavy (non-hydrogen) atoms. The molecule has 0 spiro atoms. The molecule has 0 fully saturated rings. The average Bonchev–Trinajstić information content (AvgIpc) is 2.84. The first kappa shape index (κ1) is 21.8. The van der Waals surface area contributed by atoms with Crippen LogP contribution in [0.2, 0.25) is 0 Å². The van der Waals surface area contributed by atoms with Crippen LogP contribution in [0.25, 0.3) is 11.1 Å². The zero-order chi connectivity index (χ0) is 23.3. The van der Waals surface area contributed by atoms with E-state index in [1.807, 2.05) is 36.4 Å². The van der Waals surface area contributed by atoms with Crippen molar-refractivity contribution >= 4 is 21.7 Å². The lowest BCUT2D eigenvalue weighted by Crippen LogP contribution is -2.13. The number of carboxylic acid groups (broad SMARTS) is 1. The highest BCUT2D eigenvalue weighted by molar-refractivity contribution is 7.92. The molecule has 3 aromatic carbocycles. The Labute approximate surface area is 191 Å². The van der Waals surface area contributed by atoms with Gasteiger partial charge < -0.3 is 5.11 Å². The number of carbonyl (C=O) groups is 1. The Morgan fingerprint density at radius 3 is 2.27 bits per heavy atom. The van der Waals surface area contributed by atoms with Gasteiger partial charge in [0.25, 0.3) is 10.0 Å². The second kappa shape index (κ2) is 9.39. The summed E-state index contributed by atoms with van der Waals surface area (Å²) in [4.78, 5) is 14.9. The summed E-state index contributed by atoms with van der Waals surface area (Å²) in [6, 6.07) is 26.0. The zero-order valence-corrected chi connectivity index (χ0v) is 18.1. The average molecular weight is 455 g/mol. The highest BCUT2D eigenvalue weighted by Crippen LogP contribution is 2.24. The van der Waals surface area contributed by atoms with E-state index in [-0.39, 0.29) is 10.6 Å². The van der Waals surface area contributed by atoms with Gasteiger partial charge >= 0.3 is 5.97 Å². The maximum atomic E-state index is 13.1. The summed E-state index contributed by atoms with van der Waals surface area (Å²) >= 11 is 0. The number of nitrogens with zero attached hydrogens (tertiary/aromatic N) is 1. The van der Waals surface area contributed by atoms with Crippen molar-refractivity contribution in [2.75, 3.05) is 4.72 Å². The largest absolute Gasteiger partial charge is 0.477 e. The van der Waals surface area contributed by atoms with Crippen molar-refractivity contribution < 1.29 is 18.3 Å². The Morgan fingerprint density at radius 2 is 1.55 bits per heavy atom. The second-order valence-corrected chi connectivity index (χ2v) is 8.71. The van der Waals surface area contributed by atoms with Crippen molar-refractivity contribution in [1.29, 1.82) is 0 Å². The van der Waals surface area contributed by atoms with Gasteiger partial charge in [-0.3, -0.25) is 4.72 Å². The summed E-state index contributed by atoms with van der Waals surface area (Å²) in [5.41, 5.74) is 2.96. The van der Waals surface area contributed by atoms with Gasteiger partial charge in [-0.2, -0.15) is 0 Å². The summed E-state index contributed by atoms with van der Waals surface area (Å²) in [6.45, 7) is 0. The Balaban J connectivity index is 1.61. The Kier molecular flexibility index (Phi) is 6.20. The lowest BCUT2D eigenvalue weighted by molar-refractivity contribution is 0.0690. The van der Waals surface area contributed by atoms with E-state index in [0.717, 1.165) is 11.1 Å². The number of rotatable bonds is 5. The summed E-state index contributed by atoms with van der Waals surface area (Å²) in [7, 11) is -3.86. The third-order valence-corrected chi connectivity index (χ3v) is 6.11. The first-order valence-corrected chi connectivity index (χ1v) is 11.4. The van der Waals surface area contributed by atoms with Crippen molar-refractivity contribution in [3.63, 3.8) is 0 Å². The van der Waals surface area contributed by atoms with Gasteiger partial charge in [0, 0.05) is 17.3 Å². The highest BCUT2D eigenvalue weighted by Gasteiger charge is 2.16. The number of aromatic nitrogens is 1. The van der Waals surface area contributed by atoms with Gasteiger partial charge in [-0.25, -0.2) is 18.2 Å². The molecule has 0 bridgehead atoms. The van der Waals surface area contributed by atoms with Crippen LogP contribution in [0.5, 0.6) is 0 Å². The molecular formula is C26H18N2O4S. The zero-order valence-electron chi connectivity index (χ0n) is 17.3. The third kappa shape index (κ3) is 5.26. The van der Waals surface area contributed by atoms with E-state index >= 15 is 0 Å². The maximum absolute atomic E-state index is 13.1. The predicted molar refractivity (Wildman–Crippen MR) is 126 cm³/mol. The molecule has 0 saturated heterocycles. The Bertz CT molecular complexity index is 1470. The van der Waals surface area contributed by atoms with E-state index in [4.69, 9.17) is 5.11 Å². The van der Waals surface area contributed by atoms with E-state index in [9.17, 15) is 13.2 Å².